The van der Waals surface area contributed by atoms with Crippen molar-refractivity contribution < 1.29 is 47.7 Å². The Labute approximate surface area is 171 Å². The minimum absolute atomic E-state index is 0.0230. The van der Waals surface area contributed by atoms with E-state index in [0.29, 0.717) is 39.6 Å². The Morgan fingerprint density at radius 2 is 1.17 bits per heavy atom. The largest absolute Gasteiger partial charge is 0.387 e. The summed E-state index contributed by atoms with van der Waals surface area (Å²) in [6, 6.07) is 0. The van der Waals surface area contributed by atoms with Crippen molar-refractivity contribution in [2.24, 2.45) is 0 Å². The third-order valence-electron chi connectivity index (χ3n) is 5.17. The normalized spacial score (nSPS) is 37.8. The van der Waals surface area contributed by atoms with Crippen LogP contribution in [0.2, 0.25) is 0 Å². The van der Waals surface area contributed by atoms with Gasteiger partial charge in [0.15, 0.2) is 0 Å². The van der Waals surface area contributed by atoms with Crippen LogP contribution in [0.5, 0.6) is 0 Å². The zero-order chi connectivity index (χ0) is 20.8. The van der Waals surface area contributed by atoms with Gasteiger partial charge in [-0.2, -0.15) is 0 Å². The van der Waals surface area contributed by atoms with E-state index in [4.69, 9.17) is 42.6 Å². The maximum atomic E-state index is 10.6. The third-order valence-corrected chi connectivity index (χ3v) is 5.17. The molecule has 4 bridgehead atoms. The van der Waals surface area contributed by atoms with E-state index < -0.39 is 43.1 Å². The van der Waals surface area contributed by atoms with E-state index in [9.17, 15) is 5.11 Å². The van der Waals surface area contributed by atoms with Crippen molar-refractivity contribution in [3.63, 3.8) is 0 Å². The predicted octanol–water partition coefficient (Wildman–Crippen LogP) is -0.299. The van der Waals surface area contributed by atoms with Gasteiger partial charge >= 0.3 is 0 Å². The molecule has 29 heavy (non-hydrogen) atoms. The first-order valence-electron chi connectivity index (χ1n) is 10.1. The van der Waals surface area contributed by atoms with Gasteiger partial charge in [0.25, 0.3) is 6.48 Å². The Bertz CT molecular complexity index is 442. The van der Waals surface area contributed by atoms with Crippen molar-refractivity contribution in [2.75, 3.05) is 53.9 Å². The fourth-order valence-electron chi connectivity index (χ4n) is 3.90. The summed E-state index contributed by atoms with van der Waals surface area (Å²) in [4.78, 5) is 0. The van der Waals surface area contributed by atoms with Gasteiger partial charge in [-0.25, -0.2) is 0 Å². The Hall–Kier alpha value is -0.400. The lowest BCUT2D eigenvalue weighted by atomic mass is 9.82. The highest BCUT2D eigenvalue weighted by Crippen LogP contribution is 2.42. The molecule has 1 saturated carbocycles. The van der Waals surface area contributed by atoms with Crippen LogP contribution in [0.1, 0.15) is 13.8 Å². The van der Waals surface area contributed by atoms with Gasteiger partial charge in [-0.05, 0) is 13.8 Å². The molecule has 4 aliphatic rings. The molecule has 3 aliphatic heterocycles. The Balaban J connectivity index is 1.48. The fourth-order valence-corrected chi connectivity index (χ4v) is 3.90. The number of ether oxygens (including phenoxy) is 9. The molecule has 0 aromatic rings. The van der Waals surface area contributed by atoms with Crippen molar-refractivity contribution in [1.82, 2.24) is 0 Å². The van der Waals surface area contributed by atoms with Crippen molar-refractivity contribution in [3.05, 3.63) is 0 Å². The van der Waals surface area contributed by atoms with Crippen molar-refractivity contribution in [1.29, 1.82) is 0 Å². The Kier molecular flexibility index (Phi) is 9.05. The van der Waals surface area contributed by atoms with Crippen LogP contribution < -0.4 is 0 Å². The van der Waals surface area contributed by atoms with E-state index >= 15 is 0 Å². The van der Waals surface area contributed by atoms with Crippen molar-refractivity contribution in [2.45, 2.75) is 69.2 Å². The summed E-state index contributed by atoms with van der Waals surface area (Å²) in [5, 5.41) is 10.6. The second kappa shape index (κ2) is 11.3. The van der Waals surface area contributed by atoms with Crippen LogP contribution in [0.15, 0.2) is 0 Å². The highest BCUT2D eigenvalue weighted by Gasteiger charge is 2.62. The molecule has 4 fully saturated rings. The standard InChI is InChI=1S/C19H34O10/c1-11(9-21-3)23-5-7-25-16-14-13(20)15-17(18(16)29-19(27-14)28-15)26-8-6-24-12(2)10-22-4/h11-20H,5-10H2,1-4H3/t11-,12-,13-,14?,15?,16?,17?,18+,19?/m1/s1. The molecule has 1 aliphatic carbocycles. The molecule has 3 saturated heterocycles. The molecule has 10 heteroatoms. The number of rotatable bonds is 14. The maximum Gasteiger partial charge on any atom is 0.272 e. The van der Waals surface area contributed by atoms with Gasteiger partial charge in [-0.1, -0.05) is 0 Å². The van der Waals surface area contributed by atoms with Crippen LogP contribution in [0.3, 0.4) is 0 Å². The van der Waals surface area contributed by atoms with E-state index in [1.807, 2.05) is 13.8 Å². The summed E-state index contributed by atoms with van der Waals surface area (Å²) in [5.74, 6) is 0. The monoisotopic (exact) mass is 422 g/mol. The maximum absolute atomic E-state index is 10.6. The van der Waals surface area contributed by atoms with Crippen LogP contribution in [0.25, 0.3) is 0 Å². The first kappa shape index (κ1) is 23.3. The van der Waals surface area contributed by atoms with Gasteiger partial charge in [0.1, 0.15) is 36.6 Å². The lowest BCUT2D eigenvalue weighted by Gasteiger charge is -2.57. The molecule has 4 rings (SSSR count). The van der Waals surface area contributed by atoms with Crippen molar-refractivity contribution in [3.8, 4) is 0 Å². The third kappa shape index (κ3) is 5.85. The molecule has 0 aromatic carbocycles. The molecule has 4 unspecified atom stereocenters. The van der Waals surface area contributed by atoms with Gasteiger partial charge in [0.2, 0.25) is 0 Å². The molecule has 1 N–H and O–H groups in total. The number of methoxy groups -OCH3 is 2. The summed E-state index contributed by atoms with van der Waals surface area (Å²) >= 11 is 0. The van der Waals surface area contributed by atoms with Gasteiger partial charge < -0.3 is 47.7 Å². The first-order chi connectivity index (χ1) is 14.0. The molecular weight excluding hydrogens is 388 g/mol. The minimum atomic E-state index is -0.858. The average molecular weight is 422 g/mol. The molecule has 0 spiro atoms. The van der Waals surface area contributed by atoms with E-state index in [2.05, 4.69) is 0 Å². The number of hydrogen-bond acceptors (Lipinski definition) is 10. The Morgan fingerprint density at radius 3 is 1.62 bits per heavy atom. The second-order valence-corrected chi connectivity index (χ2v) is 7.53. The molecule has 10 nitrogen and oxygen atoms in total. The molecule has 3 heterocycles. The quantitative estimate of drug-likeness (QED) is 0.375. The summed E-state index contributed by atoms with van der Waals surface area (Å²) in [5.41, 5.74) is 0. The summed E-state index contributed by atoms with van der Waals surface area (Å²) < 4.78 is 50.3. The lowest BCUT2D eigenvalue weighted by molar-refractivity contribution is -0.486. The molecule has 6 atom stereocenters. The molecule has 0 amide bonds. The number of hydrogen-bond donors (Lipinski definition) is 1. The van der Waals surface area contributed by atoms with Crippen LogP contribution in [0.4, 0.5) is 0 Å². The minimum Gasteiger partial charge on any atom is -0.387 e. The highest BCUT2D eigenvalue weighted by molar-refractivity contribution is 5.06. The topological polar surface area (TPSA) is 103 Å². The summed E-state index contributed by atoms with van der Waals surface area (Å²) in [6.45, 7) is 5.57. The molecular formula is C19H34O10. The van der Waals surface area contributed by atoms with Crippen LogP contribution in [-0.2, 0) is 42.6 Å². The van der Waals surface area contributed by atoms with Gasteiger partial charge in [0.05, 0.1) is 51.8 Å². The second-order valence-electron chi connectivity index (χ2n) is 7.53. The first-order valence-corrected chi connectivity index (χ1v) is 10.1. The van der Waals surface area contributed by atoms with Crippen LogP contribution in [-0.4, -0.2) is 114 Å². The van der Waals surface area contributed by atoms with Gasteiger partial charge in [0, 0.05) is 14.2 Å². The lowest BCUT2D eigenvalue weighted by Crippen LogP contribution is -2.76. The van der Waals surface area contributed by atoms with E-state index in [-0.39, 0.29) is 12.2 Å². The van der Waals surface area contributed by atoms with Gasteiger partial charge in [-0.15, -0.1) is 0 Å². The summed E-state index contributed by atoms with van der Waals surface area (Å²) in [6.07, 6.45) is -3.28. The highest BCUT2D eigenvalue weighted by atomic mass is 16.9. The average Bonchev–Trinajstić information content (AvgIpc) is 2.69. The number of aliphatic hydroxyl groups excluding tert-OH is 1. The number of aliphatic hydroxyl groups is 1. The van der Waals surface area contributed by atoms with Crippen molar-refractivity contribution >= 4 is 0 Å². The zero-order valence-corrected chi connectivity index (χ0v) is 17.6. The van der Waals surface area contributed by atoms with Crippen LogP contribution >= 0.6 is 0 Å². The SMILES string of the molecule is COC[C@@H](C)OCCOC1C2OC3OC(C(OCCO[C@H](C)COC)[C@H]1O3)[C@@H]2O. The van der Waals surface area contributed by atoms with Crippen LogP contribution in [0, 0.1) is 0 Å². The van der Waals surface area contributed by atoms with E-state index in [1.54, 1.807) is 14.2 Å². The zero-order valence-electron chi connectivity index (χ0n) is 17.6. The van der Waals surface area contributed by atoms with E-state index in [0.717, 1.165) is 0 Å². The summed E-state index contributed by atoms with van der Waals surface area (Å²) in [7, 11) is 3.26. The van der Waals surface area contributed by atoms with E-state index in [1.165, 1.54) is 0 Å². The fraction of sp³-hybridized carbons (Fsp3) is 1.00. The smallest absolute Gasteiger partial charge is 0.272 e. The molecule has 0 radical (unpaired) electrons. The molecule has 0 aromatic heterocycles. The molecule has 170 valence electrons. The predicted molar refractivity (Wildman–Crippen MR) is 98.5 cm³/mol. The van der Waals surface area contributed by atoms with Gasteiger partial charge in [-0.3, -0.25) is 0 Å². The Morgan fingerprint density at radius 1 is 0.724 bits per heavy atom.